The molecule has 0 spiro atoms. The number of hydrogen-bond donors (Lipinski definition) is 3. The second kappa shape index (κ2) is 6.86. The van der Waals surface area contributed by atoms with Crippen molar-refractivity contribution >= 4 is 34.0 Å². The van der Waals surface area contributed by atoms with E-state index in [-0.39, 0.29) is 6.04 Å². The van der Waals surface area contributed by atoms with E-state index in [0.717, 1.165) is 35.2 Å². The van der Waals surface area contributed by atoms with Gasteiger partial charge in [0, 0.05) is 48.1 Å². The van der Waals surface area contributed by atoms with Gasteiger partial charge in [-0.05, 0) is 17.2 Å². The summed E-state index contributed by atoms with van der Waals surface area (Å²) in [5.41, 5.74) is 6.04. The highest BCUT2D eigenvalue weighted by Crippen LogP contribution is 2.35. The fourth-order valence-electron chi connectivity index (χ4n) is 4.28. The number of benzene rings is 2. The van der Waals surface area contributed by atoms with E-state index in [1.165, 1.54) is 11.1 Å². The van der Waals surface area contributed by atoms with E-state index in [1.54, 1.807) is 6.20 Å². The normalized spacial score (nSPS) is 16.1. The van der Waals surface area contributed by atoms with Gasteiger partial charge in [-0.3, -0.25) is 4.40 Å². The SMILES string of the molecule is Clc1c(-c2c[nH]c3ccccc23)nc(NC2CNCc3ccccc32)c2nccn12. The zero-order chi connectivity index (χ0) is 20.1. The van der Waals surface area contributed by atoms with Crippen LogP contribution in [0.2, 0.25) is 5.15 Å². The van der Waals surface area contributed by atoms with Gasteiger partial charge < -0.3 is 15.6 Å². The molecule has 0 bridgehead atoms. The molecule has 1 atom stereocenters. The number of hydrogen-bond acceptors (Lipinski definition) is 4. The van der Waals surface area contributed by atoms with Gasteiger partial charge in [-0.2, -0.15) is 0 Å². The van der Waals surface area contributed by atoms with E-state index in [4.69, 9.17) is 16.6 Å². The minimum absolute atomic E-state index is 0.0972. The molecule has 0 amide bonds. The summed E-state index contributed by atoms with van der Waals surface area (Å²) in [6, 6.07) is 16.7. The molecule has 0 fully saturated rings. The zero-order valence-corrected chi connectivity index (χ0v) is 16.8. The molecule has 7 heteroatoms. The van der Waals surface area contributed by atoms with Crippen LogP contribution in [0, 0.1) is 0 Å². The summed E-state index contributed by atoms with van der Waals surface area (Å²) >= 11 is 6.78. The smallest absolute Gasteiger partial charge is 0.181 e. The highest BCUT2D eigenvalue weighted by Gasteiger charge is 2.23. The topological polar surface area (TPSA) is 70.0 Å². The van der Waals surface area contributed by atoms with Crippen LogP contribution in [0.4, 0.5) is 5.82 Å². The summed E-state index contributed by atoms with van der Waals surface area (Å²) in [6.45, 7) is 1.69. The van der Waals surface area contributed by atoms with Gasteiger partial charge in [0.2, 0.25) is 0 Å². The molecule has 6 nitrogen and oxygen atoms in total. The van der Waals surface area contributed by atoms with Crippen molar-refractivity contribution in [1.82, 2.24) is 24.7 Å². The van der Waals surface area contributed by atoms with Gasteiger partial charge in [-0.25, -0.2) is 9.97 Å². The zero-order valence-electron chi connectivity index (χ0n) is 16.1. The highest BCUT2D eigenvalue weighted by molar-refractivity contribution is 6.32. The fraction of sp³-hybridized carbons (Fsp3) is 0.130. The molecule has 5 aromatic rings. The van der Waals surface area contributed by atoms with Gasteiger partial charge in [0.15, 0.2) is 11.5 Å². The Morgan fingerprint density at radius 1 is 1.10 bits per heavy atom. The number of para-hydroxylation sites is 1. The quantitative estimate of drug-likeness (QED) is 0.397. The molecule has 3 aromatic heterocycles. The van der Waals surface area contributed by atoms with Crippen molar-refractivity contribution in [2.45, 2.75) is 12.6 Å². The summed E-state index contributed by atoms with van der Waals surface area (Å²) in [6.07, 6.45) is 5.58. The first kappa shape index (κ1) is 17.5. The van der Waals surface area contributed by atoms with Crippen LogP contribution in [0.5, 0.6) is 0 Å². The van der Waals surface area contributed by atoms with Crippen molar-refractivity contribution in [3.63, 3.8) is 0 Å². The van der Waals surface area contributed by atoms with Crippen LogP contribution in [0.15, 0.2) is 67.1 Å². The summed E-state index contributed by atoms with van der Waals surface area (Å²) in [4.78, 5) is 12.8. The van der Waals surface area contributed by atoms with E-state index < -0.39 is 0 Å². The lowest BCUT2D eigenvalue weighted by Gasteiger charge is -2.28. The van der Waals surface area contributed by atoms with E-state index in [1.807, 2.05) is 35.0 Å². The molecule has 3 N–H and O–H groups in total. The van der Waals surface area contributed by atoms with Crippen LogP contribution < -0.4 is 10.6 Å². The van der Waals surface area contributed by atoms with Crippen molar-refractivity contribution in [2.75, 3.05) is 11.9 Å². The number of aromatic nitrogens is 4. The minimum Gasteiger partial charge on any atom is -0.360 e. The number of rotatable bonds is 3. The Labute approximate surface area is 177 Å². The number of imidazole rings is 1. The number of aromatic amines is 1. The van der Waals surface area contributed by atoms with Crippen LogP contribution in [-0.2, 0) is 6.54 Å². The monoisotopic (exact) mass is 414 g/mol. The Balaban J connectivity index is 1.51. The molecule has 2 aromatic carbocycles. The molecule has 1 aliphatic heterocycles. The molecule has 0 aliphatic carbocycles. The summed E-state index contributed by atoms with van der Waals surface area (Å²) in [5.74, 6) is 0.716. The second-order valence-electron chi connectivity index (χ2n) is 7.50. The van der Waals surface area contributed by atoms with Gasteiger partial charge in [0.05, 0.1) is 6.04 Å². The van der Waals surface area contributed by atoms with Crippen LogP contribution in [0.1, 0.15) is 17.2 Å². The molecule has 4 heterocycles. The molecule has 1 aliphatic rings. The molecular formula is C23H19ClN6. The molecule has 148 valence electrons. The Kier molecular flexibility index (Phi) is 4.00. The first-order valence-corrected chi connectivity index (χ1v) is 10.3. The molecular weight excluding hydrogens is 396 g/mol. The largest absolute Gasteiger partial charge is 0.360 e. The first-order chi connectivity index (χ1) is 14.8. The van der Waals surface area contributed by atoms with E-state index in [9.17, 15) is 0 Å². The summed E-state index contributed by atoms with van der Waals surface area (Å²) < 4.78 is 1.89. The van der Waals surface area contributed by atoms with Gasteiger partial charge in [-0.15, -0.1) is 0 Å². The van der Waals surface area contributed by atoms with Crippen LogP contribution in [0.25, 0.3) is 27.8 Å². The van der Waals surface area contributed by atoms with E-state index in [2.05, 4.69) is 50.9 Å². The van der Waals surface area contributed by atoms with Gasteiger partial charge >= 0.3 is 0 Å². The fourth-order valence-corrected chi connectivity index (χ4v) is 4.57. The van der Waals surface area contributed by atoms with Gasteiger partial charge in [0.25, 0.3) is 0 Å². The number of anilines is 1. The maximum Gasteiger partial charge on any atom is 0.181 e. The third-order valence-electron chi connectivity index (χ3n) is 5.73. The lowest BCUT2D eigenvalue weighted by atomic mass is 9.97. The lowest BCUT2D eigenvalue weighted by Crippen LogP contribution is -2.32. The standard InChI is InChI=1S/C23H19ClN6/c24-21-20(17-12-27-18-8-4-3-7-16(17)18)29-22(23-26-9-10-30(21)23)28-19-13-25-11-14-5-1-2-6-15(14)19/h1-10,12,19,25,27H,11,13H2,(H,28,29). The highest BCUT2D eigenvalue weighted by atomic mass is 35.5. The maximum absolute atomic E-state index is 6.78. The summed E-state index contributed by atoms with van der Waals surface area (Å²) in [7, 11) is 0. The lowest BCUT2D eigenvalue weighted by molar-refractivity contribution is 0.578. The molecule has 0 saturated heterocycles. The third kappa shape index (κ3) is 2.69. The Hall–Kier alpha value is -3.35. The van der Waals surface area contributed by atoms with E-state index in [0.29, 0.717) is 16.6 Å². The first-order valence-electron chi connectivity index (χ1n) is 9.94. The van der Waals surface area contributed by atoms with Gasteiger partial charge in [0.1, 0.15) is 10.8 Å². The van der Waals surface area contributed by atoms with Crippen LogP contribution >= 0.6 is 11.6 Å². The Morgan fingerprint density at radius 2 is 1.97 bits per heavy atom. The molecule has 30 heavy (non-hydrogen) atoms. The van der Waals surface area contributed by atoms with Crippen molar-refractivity contribution in [1.29, 1.82) is 0 Å². The third-order valence-corrected chi connectivity index (χ3v) is 6.09. The predicted molar refractivity (Wildman–Crippen MR) is 120 cm³/mol. The van der Waals surface area contributed by atoms with Crippen molar-refractivity contribution in [3.8, 4) is 11.3 Å². The number of H-pyrrole nitrogens is 1. The number of fused-ring (bicyclic) bond motifs is 3. The van der Waals surface area contributed by atoms with E-state index >= 15 is 0 Å². The maximum atomic E-state index is 6.78. The number of halogens is 1. The average Bonchev–Trinajstić information content (AvgIpc) is 3.44. The molecule has 6 rings (SSSR count). The second-order valence-corrected chi connectivity index (χ2v) is 7.85. The van der Waals surface area contributed by atoms with Crippen LogP contribution in [-0.4, -0.2) is 25.9 Å². The van der Waals surface area contributed by atoms with Crippen molar-refractivity contribution in [3.05, 3.63) is 83.4 Å². The summed E-state index contributed by atoms with van der Waals surface area (Å²) in [5, 5.41) is 8.73. The van der Waals surface area contributed by atoms with Gasteiger partial charge in [-0.1, -0.05) is 54.1 Å². The molecule has 0 saturated carbocycles. The predicted octanol–water partition coefficient (Wildman–Crippen LogP) is 4.79. The van der Waals surface area contributed by atoms with Crippen molar-refractivity contribution < 1.29 is 0 Å². The molecule has 0 radical (unpaired) electrons. The van der Waals surface area contributed by atoms with Crippen molar-refractivity contribution in [2.24, 2.45) is 0 Å². The average molecular weight is 415 g/mol. The number of nitrogens with zero attached hydrogens (tertiary/aromatic N) is 3. The minimum atomic E-state index is 0.0972. The number of nitrogens with one attached hydrogen (secondary N) is 3. The Bertz CT molecular complexity index is 1390. The van der Waals surface area contributed by atoms with Crippen LogP contribution in [0.3, 0.4) is 0 Å². The Morgan fingerprint density at radius 3 is 2.93 bits per heavy atom. The molecule has 1 unspecified atom stereocenters.